The summed E-state index contributed by atoms with van der Waals surface area (Å²) in [4.78, 5) is 0. The van der Waals surface area contributed by atoms with E-state index in [1.165, 1.54) is 0 Å². The van der Waals surface area contributed by atoms with Gasteiger partial charge in [-0.1, -0.05) is 13.3 Å². The van der Waals surface area contributed by atoms with Gasteiger partial charge in [0.25, 0.3) is 0 Å². The van der Waals surface area contributed by atoms with Gasteiger partial charge in [-0.3, -0.25) is 0 Å². The fourth-order valence-corrected chi connectivity index (χ4v) is 1.10. The lowest BCUT2D eigenvalue weighted by molar-refractivity contribution is -0.117. The summed E-state index contributed by atoms with van der Waals surface area (Å²) in [7, 11) is 0. The lowest BCUT2D eigenvalue weighted by atomic mass is 10.2. The van der Waals surface area contributed by atoms with E-state index < -0.39 is 0 Å². The molecule has 0 aromatic carbocycles. The highest BCUT2D eigenvalue weighted by molar-refractivity contribution is 4.71. The smallest absolute Gasteiger partial charge is 0.172 e. The predicted molar refractivity (Wildman–Crippen MR) is 43.2 cm³/mol. The van der Waals surface area contributed by atoms with Crippen molar-refractivity contribution in [3.05, 3.63) is 0 Å². The van der Waals surface area contributed by atoms with Crippen molar-refractivity contribution in [2.24, 2.45) is 5.73 Å². The van der Waals surface area contributed by atoms with Gasteiger partial charge in [0.1, 0.15) is 0 Å². The van der Waals surface area contributed by atoms with E-state index in [4.69, 9.17) is 15.2 Å². The van der Waals surface area contributed by atoms with Crippen LogP contribution in [-0.4, -0.2) is 25.5 Å². The van der Waals surface area contributed by atoms with E-state index in [0.717, 1.165) is 32.5 Å². The second kappa shape index (κ2) is 4.70. The summed E-state index contributed by atoms with van der Waals surface area (Å²) in [6.45, 7) is 3.66. The van der Waals surface area contributed by atoms with E-state index in [1.54, 1.807) is 0 Å². The summed E-state index contributed by atoms with van der Waals surface area (Å²) >= 11 is 0. The summed E-state index contributed by atoms with van der Waals surface area (Å²) in [5.41, 5.74) is 5.71. The molecule has 0 aromatic rings. The van der Waals surface area contributed by atoms with Crippen molar-refractivity contribution in [3.8, 4) is 0 Å². The Morgan fingerprint density at radius 3 is 3.00 bits per heavy atom. The number of unbranched alkanes of at least 4 members (excludes halogenated alkanes) is 1. The van der Waals surface area contributed by atoms with Crippen molar-refractivity contribution in [2.45, 2.75) is 38.5 Å². The molecule has 3 nitrogen and oxygen atoms in total. The molecule has 1 saturated heterocycles. The quantitative estimate of drug-likeness (QED) is 0.619. The molecule has 0 radical (unpaired) electrons. The third kappa shape index (κ3) is 2.77. The van der Waals surface area contributed by atoms with Crippen LogP contribution in [0, 0.1) is 0 Å². The summed E-state index contributed by atoms with van der Waals surface area (Å²) in [6, 6.07) is 0.0897. The summed E-state index contributed by atoms with van der Waals surface area (Å²) in [5, 5.41) is 0. The zero-order valence-electron chi connectivity index (χ0n) is 7.08. The van der Waals surface area contributed by atoms with Crippen LogP contribution in [0.2, 0.25) is 0 Å². The van der Waals surface area contributed by atoms with Crippen LogP contribution >= 0.6 is 0 Å². The van der Waals surface area contributed by atoms with Crippen molar-refractivity contribution in [1.29, 1.82) is 0 Å². The summed E-state index contributed by atoms with van der Waals surface area (Å²) in [6.07, 6.45) is 3.03. The minimum atomic E-state index is -0.137. The Kier molecular flexibility index (Phi) is 3.83. The first-order valence-electron chi connectivity index (χ1n) is 4.33. The SMILES string of the molecule is CCCCO[C@H]1OCC[C@@H]1N. The zero-order chi connectivity index (χ0) is 8.10. The largest absolute Gasteiger partial charge is 0.351 e. The van der Waals surface area contributed by atoms with Crippen LogP contribution in [-0.2, 0) is 9.47 Å². The zero-order valence-corrected chi connectivity index (χ0v) is 7.08. The van der Waals surface area contributed by atoms with E-state index >= 15 is 0 Å². The summed E-state index contributed by atoms with van der Waals surface area (Å²) in [5.74, 6) is 0. The highest BCUT2D eigenvalue weighted by Gasteiger charge is 2.24. The lowest BCUT2D eigenvalue weighted by Crippen LogP contribution is -2.32. The van der Waals surface area contributed by atoms with E-state index in [0.29, 0.717) is 0 Å². The maximum Gasteiger partial charge on any atom is 0.172 e. The van der Waals surface area contributed by atoms with Gasteiger partial charge in [0, 0.05) is 6.61 Å². The minimum Gasteiger partial charge on any atom is -0.351 e. The van der Waals surface area contributed by atoms with Crippen LogP contribution < -0.4 is 5.73 Å². The lowest BCUT2D eigenvalue weighted by Gasteiger charge is -2.14. The standard InChI is InChI=1S/C8H17NO2/c1-2-3-5-10-8-7(9)4-6-11-8/h7-8H,2-6,9H2,1H3/t7-,8-/m0/s1. The first-order valence-corrected chi connectivity index (χ1v) is 4.33. The normalized spacial score (nSPS) is 31.1. The number of ether oxygens (including phenoxy) is 2. The van der Waals surface area contributed by atoms with Gasteiger partial charge < -0.3 is 15.2 Å². The van der Waals surface area contributed by atoms with Gasteiger partial charge in [0.15, 0.2) is 6.29 Å². The molecule has 0 unspecified atom stereocenters. The maximum absolute atomic E-state index is 5.71. The van der Waals surface area contributed by atoms with Gasteiger partial charge in [-0.25, -0.2) is 0 Å². The van der Waals surface area contributed by atoms with E-state index in [1.807, 2.05) is 0 Å². The Bertz CT molecular complexity index is 108. The minimum absolute atomic E-state index is 0.0897. The molecule has 0 amide bonds. The molecule has 11 heavy (non-hydrogen) atoms. The molecule has 2 N–H and O–H groups in total. The molecule has 1 rings (SSSR count). The molecule has 3 heteroatoms. The van der Waals surface area contributed by atoms with Gasteiger partial charge >= 0.3 is 0 Å². The fourth-order valence-electron chi connectivity index (χ4n) is 1.10. The molecule has 0 spiro atoms. The van der Waals surface area contributed by atoms with Crippen molar-refractivity contribution in [2.75, 3.05) is 13.2 Å². The Balaban J connectivity index is 2.05. The van der Waals surface area contributed by atoms with Crippen molar-refractivity contribution >= 4 is 0 Å². The Morgan fingerprint density at radius 1 is 1.64 bits per heavy atom. The van der Waals surface area contributed by atoms with Gasteiger partial charge in [0.2, 0.25) is 0 Å². The first-order chi connectivity index (χ1) is 5.34. The number of hydrogen-bond donors (Lipinski definition) is 1. The highest BCUT2D eigenvalue weighted by atomic mass is 16.7. The molecule has 0 aliphatic carbocycles. The monoisotopic (exact) mass is 159 g/mol. The number of nitrogens with two attached hydrogens (primary N) is 1. The number of rotatable bonds is 4. The van der Waals surface area contributed by atoms with E-state index in [9.17, 15) is 0 Å². The van der Waals surface area contributed by atoms with Gasteiger partial charge in [0.05, 0.1) is 12.6 Å². The van der Waals surface area contributed by atoms with Gasteiger partial charge in [-0.15, -0.1) is 0 Å². The highest BCUT2D eigenvalue weighted by Crippen LogP contribution is 2.12. The molecule has 0 bridgehead atoms. The molecule has 0 aromatic heterocycles. The average Bonchev–Trinajstić information content (AvgIpc) is 2.37. The van der Waals surface area contributed by atoms with Gasteiger partial charge in [-0.2, -0.15) is 0 Å². The molecule has 0 saturated carbocycles. The molecule has 1 heterocycles. The second-order valence-electron chi connectivity index (χ2n) is 2.92. The Morgan fingerprint density at radius 2 is 2.45 bits per heavy atom. The van der Waals surface area contributed by atoms with Crippen LogP contribution in [0.5, 0.6) is 0 Å². The molecule has 1 aliphatic rings. The fraction of sp³-hybridized carbons (Fsp3) is 1.00. The average molecular weight is 159 g/mol. The second-order valence-corrected chi connectivity index (χ2v) is 2.92. The molecule has 1 aliphatic heterocycles. The number of hydrogen-bond acceptors (Lipinski definition) is 3. The van der Waals surface area contributed by atoms with Crippen LogP contribution in [0.15, 0.2) is 0 Å². The molecule has 2 atom stereocenters. The summed E-state index contributed by atoms with van der Waals surface area (Å²) < 4.78 is 10.7. The third-order valence-electron chi connectivity index (χ3n) is 1.86. The predicted octanol–water partition coefficient (Wildman–Crippen LogP) is 0.877. The van der Waals surface area contributed by atoms with Crippen LogP contribution in [0.25, 0.3) is 0 Å². The molecule has 1 fully saturated rings. The molecule has 66 valence electrons. The van der Waals surface area contributed by atoms with E-state index in [2.05, 4.69) is 6.92 Å². The Hall–Kier alpha value is -0.120. The Labute approximate surface area is 67.9 Å². The first kappa shape index (κ1) is 8.97. The van der Waals surface area contributed by atoms with Crippen molar-refractivity contribution in [1.82, 2.24) is 0 Å². The van der Waals surface area contributed by atoms with Crippen molar-refractivity contribution < 1.29 is 9.47 Å². The van der Waals surface area contributed by atoms with Crippen LogP contribution in [0.3, 0.4) is 0 Å². The van der Waals surface area contributed by atoms with Crippen LogP contribution in [0.1, 0.15) is 26.2 Å². The topological polar surface area (TPSA) is 44.5 Å². The maximum atomic E-state index is 5.71. The van der Waals surface area contributed by atoms with Crippen LogP contribution in [0.4, 0.5) is 0 Å². The molecular formula is C8H17NO2. The van der Waals surface area contributed by atoms with Gasteiger partial charge in [-0.05, 0) is 12.8 Å². The molecular weight excluding hydrogens is 142 g/mol. The van der Waals surface area contributed by atoms with E-state index in [-0.39, 0.29) is 12.3 Å². The van der Waals surface area contributed by atoms with Crippen molar-refractivity contribution in [3.63, 3.8) is 0 Å². The third-order valence-corrected chi connectivity index (χ3v) is 1.86.